The molecule has 1 amide bonds. The van der Waals surface area contributed by atoms with E-state index in [2.05, 4.69) is 15.5 Å². The minimum absolute atomic E-state index is 0.0380. The van der Waals surface area contributed by atoms with Crippen molar-refractivity contribution < 1.29 is 22.7 Å². The number of nitrogens with zero attached hydrogens (tertiary/aromatic N) is 1. The summed E-state index contributed by atoms with van der Waals surface area (Å²) in [6, 6.07) is 9.94. The van der Waals surface area contributed by atoms with Gasteiger partial charge in [0.15, 0.2) is 5.78 Å². The molecule has 1 unspecified atom stereocenters. The molecule has 0 bridgehead atoms. The fourth-order valence-corrected chi connectivity index (χ4v) is 6.39. The molecule has 9 nitrogen and oxygen atoms in total. The van der Waals surface area contributed by atoms with Crippen LogP contribution in [0.1, 0.15) is 23.6 Å². The molecule has 0 radical (unpaired) electrons. The molecule has 2 aromatic rings. The van der Waals surface area contributed by atoms with Crippen LogP contribution in [-0.2, 0) is 24.3 Å². The zero-order chi connectivity index (χ0) is 25.0. The summed E-state index contributed by atoms with van der Waals surface area (Å²) in [4.78, 5) is 27.4. The summed E-state index contributed by atoms with van der Waals surface area (Å²) >= 11 is 6.78. The van der Waals surface area contributed by atoms with Gasteiger partial charge in [-0.25, -0.2) is 13.4 Å². The Morgan fingerprint density at radius 3 is 2.80 bits per heavy atom. The number of halogens is 1. The first kappa shape index (κ1) is 25.1. The van der Waals surface area contributed by atoms with E-state index in [-0.39, 0.29) is 22.1 Å². The largest absolute Gasteiger partial charge is 0.384 e. The number of hydrazine groups is 1. The monoisotopic (exact) mass is 534 g/mol. The smallest absolute Gasteiger partial charge is 0.267 e. The number of sulfonamides is 1. The van der Waals surface area contributed by atoms with Gasteiger partial charge in [-0.15, -0.1) is 16.2 Å². The molecule has 184 valence electrons. The lowest BCUT2D eigenvalue weighted by Gasteiger charge is -2.34. The second-order valence-electron chi connectivity index (χ2n) is 7.68. The first-order valence-corrected chi connectivity index (χ1v) is 13.3. The fraction of sp³-hybridized carbons (Fsp3) is 0.217. The lowest BCUT2D eigenvalue weighted by atomic mass is 9.86. The van der Waals surface area contributed by atoms with Crippen molar-refractivity contribution in [1.82, 2.24) is 20.5 Å². The van der Waals surface area contributed by atoms with E-state index in [1.54, 1.807) is 13.3 Å². The highest BCUT2D eigenvalue weighted by Crippen LogP contribution is 2.37. The van der Waals surface area contributed by atoms with Gasteiger partial charge in [-0.05, 0) is 41.6 Å². The van der Waals surface area contributed by atoms with E-state index in [1.165, 1.54) is 18.2 Å². The van der Waals surface area contributed by atoms with Crippen molar-refractivity contribution in [2.75, 3.05) is 20.3 Å². The number of benzene rings is 1. The third-order valence-corrected chi connectivity index (χ3v) is 8.43. The van der Waals surface area contributed by atoms with Crippen molar-refractivity contribution in [1.29, 1.82) is 0 Å². The molecule has 1 aliphatic carbocycles. The average molecular weight is 535 g/mol. The molecule has 0 saturated heterocycles. The standard InChI is InChI=1S/C23H23ClN4O5S2/c1-33-11-10-25-19-13-16(30)12-18(22-17-5-3-2-4-15(17)8-9-26-22)23(19)28(14-29)27-35(31,32)21-7-6-20(24)34-21/h2-9,12,14,22,25-27H,10-11,13H2,1H3. The number of hydrogen-bond donors (Lipinski definition) is 3. The molecular weight excluding hydrogens is 512 g/mol. The highest BCUT2D eigenvalue weighted by Gasteiger charge is 2.34. The van der Waals surface area contributed by atoms with Crippen LogP contribution in [0.4, 0.5) is 0 Å². The Balaban J connectivity index is 1.79. The number of fused-ring (bicyclic) bond motifs is 1. The van der Waals surface area contributed by atoms with Gasteiger partial charge in [0, 0.05) is 24.9 Å². The number of nitrogens with one attached hydrogen (secondary N) is 3. The molecule has 2 aliphatic rings. The number of amides is 1. The van der Waals surface area contributed by atoms with Gasteiger partial charge < -0.3 is 15.4 Å². The molecule has 1 aromatic carbocycles. The molecular formula is C23H23ClN4O5S2. The van der Waals surface area contributed by atoms with Crippen molar-refractivity contribution in [3.05, 3.63) is 81.1 Å². The Hall–Kier alpha value is -2.96. The van der Waals surface area contributed by atoms with Crippen LogP contribution in [0.3, 0.4) is 0 Å². The lowest BCUT2D eigenvalue weighted by Crippen LogP contribution is -2.44. The molecule has 4 rings (SSSR count). The quantitative estimate of drug-likeness (QED) is 0.244. The van der Waals surface area contributed by atoms with Gasteiger partial charge in [0.1, 0.15) is 4.21 Å². The number of hydrogen-bond acceptors (Lipinski definition) is 8. The van der Waals surface area contributed by atoms with Crippen LogP contribution in [0.15, 0.2) is 69.9 Å². The molecule has 3 N–H and O–H groups in total. The summed E-state index contributed by atoms with van der Waals surface area (Å²) in [5.41, 5.74) is 2.90. The molecule has 12 heteroatoms. The predicted octanol–water partition coefficient (Wildman–Crippen LogP) is 2.72. The Morgan fingerprint density at radius 2 is 2.09 bits per heavy atom. The maximum atomic E-state index is 13.0. The summed E-state index contributed by atoms with van der Waals surface area (Å²) in [7, 11) is -2.59. The van der Waals surface area contributed by atoms with Crippen LogP contribution in [0.2, 0.25) is 4.34 Å². The highest BCUT2D eigenvalue weighted by molar-refractivity contribution is 7.91. The minimum atomic E-state index is -4.13. The molecule has 0 fully saturated rings. The van der Waals surface area contributed by atoms with Gasteiger partial charge in [0.2, 0.25) is 6.41 Å². The van der Waals surface area contributed by atoms with Crippen LogP contribution in [0.25, 0.3) is 6.08 Å². The van der Waals surface area contributed by atoms with E-state index < -0.39 is 16.1 Å². The van der Waals surface area contributed by atoms with Crippen LogP contribution in [-0.4, -0.2) is 45.9 Å². The van der Waals surface area contributed by atoms with Gasteiger partial charge in [-0.1, -0.05) is 35.9 Å². The number of methoxy groups -OCH3 is 1. The topological polar surface area (TPSA) is 117 Å². The Labute approximate surface area is 212 Å². The van der Waals surface area contributed by atoms with E-state index in [9.17, 15) is 18.0 Å². The van der Waals surface area contributed by atoms with Crippen molar-refractivity contribution in [3.63, 3.8) is 0 Å². The van der Waals surface area contributed by atoms with E-state index in [0.717, 1.165) is 27.5 Å². The van der Waals surface area contributed by atoms with E-state index >= 15 is 0 Å². The third-order valence-electron chi connectivity index (χ3n) is 5.39. The Morgan fingerprint density at radius 1 is 1.29 bits per heavy atom. The van der Waals surface area contributed by atoms with Crippen molar-refractivity contribution in [2.24, 2.45) is 0 Å². The molecule has 1 aromatic heterocycles. The van der Waals surface area contributed by atoms with Gasteiger partial charge in [0.05, 0.1) is 29.1 Å². The summed E-state index contributed by atoms with van der Waals surface area (Å²) in [6.45, 7) is 0.697. The Bertz CT molecular complexity index is 1330. The molecule has 0 saturated carbocycles. The lowest BCUT2D eigenvalue weighted by molar-refractivity contribution is -0.118. The van der Waals surface area contributed by atoms with Gasteiger partial charge in [0.25, 0.3) is 10.0 Å². The molecule has 35 heavy (non-hydrogen) atoms. The number of carbonyl (C=O) groups is 2. The Kier molecular flexibility index (Phi) is 7.72. The second-order valence-corrected chi connectivity index (χ2v) is 11.3. The number of carbonyl (C=O) groups excluding carboxylic acids is 2. The van der Waals surface area contributed by atoms with Crippen LogP contribution >= 0.6 is 22.9 Å². The summed E-state index contributed by atoms with van der Waals surface area (Å²) in [5, 5.41) is 7.26. The van der Waals surface area contributed by atoms with E-state index in [0.29, 0.717) is 35.2 Å². The minimum Gasteiger partial charge on any atom is -0.384 e. The van der Waals surface area contributed by atoms with Crippen LogP contribution in [0.5, 0.6) is 0 Å². The maximum Gasteiger partial charge on any atom is 0.267 e. The van der Waals surface area contributed by atoms with Crippen molar-refractivity contribution in [2.45, 2.75) is 16.7 Å². The second kappa shape index (κ2) is 10.8. The van der Waals surface area contributed by atoms with Gasteiger partial charge >= 0.3 is 0 Å². The number of thiophene rings is 1. The number of ether oxygens (including phenoxy) is 1. The normalized spacial score (nSPS) is 17.5. The number of ketones is 1. The number of allylic oxidation sites excluding steroid dienone is 2. The summed E-state index contributed by atoms with van der Waals surface area (Å²) in [6.07, 6.45) is 5.43. The maximum absolute atomic E-state index is 13.0. The zero-order valence-electron chi connectivity index (χ0n) is 18.7. The van der Waals surface area contributed by atoms with Crippen molar-refractivity contribution in [3.8, 4) is 0 Å². The fourth-order valence-electron chi connectivity index (χ4n) is 3.92. The van der Waals surface area contributed by atoms with Crippen LogP contribution in [0, 0.1) is 0 Å². The SMILES string of the molecule is COCCNC1=C(N(C=O)NS(=O)(=O)c2ccc(Cl)s2)C(C2NC=Cc3ccccc32)=CC(=O)C1. The van der Waals surface area contributed by atoms with E-state index in [4.69, 9.17) is 16.3 Å². The third kappa shape index (κ3) is 5.49. The summed E-state index contributed by atoms with van der Waals surface area (Å²) in [5.74, 6) is -0.184. The van der Waals surface area contributed by atoms with Crippen molar-refractivity contribution >= 4 is 51.2 Å². The molecule has 2 heterocycles. The van der Waals surface area contributed by atoms with Crippen LogP contribution < -0.4 is 15.5 Å². The molecule has 1 atom stereocenters. The first-order chi connectivity index (χ1) is 16.8. The average Bonchev–Trinajstić information content (AvgIpc) is 3.29. The molecule has 1 aliphatic heterocycles. The predicted molar refractivity (Wildman–Crippen MR) is 134 cm³/mol. The first-order valence-electron chi connectivity index (χ1n) is 10.6. The van der Waals surface area contributed by atoms with Gasteiger partial charge in [-0.3, -0.25) is 9.59 Å². The zero-order valence-corrected chi connectivity index (χ0v) is 21.0. The number of rotatable bonds is 10. The highest BCUT2D eigenvalue weighted by atomic mass is 35.5. The van der Waals surface area contributed by atoms with E-state index in [1.807, 2.05) is 30.3 Å². The summed E-state index contributed by atoms with van der Waals surface area (Å²) < 4.78 is 31.4. The molecule has 0 spiro atoms. The van der Waals surface area contributed by atoms with Gasteiger partial charge in [-0.2, -0.15) is 0 Å².